The first-order chi connectivity index (χ1) is 14.9. The van der Waals surface area contributed by atoms with E-state index in [4.69, 9.17) is 9.15 Å². The van der Waals surface area contributed by atoms with Crippen molar-refractivity contribution < 1.29 is 18.3 Å². The molecular weight excluding hydrogens is 399 g/mol. The van der Waals surface area contributed by atoms with Crippen molar-refractivity contribution in [2.24, 2.45) is 0 Å². The zero-order chi connectivity index (χ0) is 22.0. The summed E-state index contributed by atoms with van der Waals surface area (Å²) in [5.74, 6) is 0.808. The number of anilines is 1. The van der Waals surface area contributed by atoms with Gasteiger partial charge in [0.1, 0.15) is 18.1 Å². The van der Waals surface area contributed by atoms with Gasteiger partial charge in [0, 0.05) is 28.7 Å². The molecule has 1 N–H and O–H groups in total. The van der Waals surface area contributed by atoms with Crippen LogP contribution >= 0.6 is 0 Å². The zero-order valence-corrected chi connectivity index (χ0v) is 17.3. The van der Waals surface area contributed by atoms with E-state index in [0.29, 0.717) is 28.8 Å². The number of ether oxygens (including phenoxy) is 1. The van der Waals surface area contributed by atoms with Crippen LogP contribution in [0.3, 0.4) is 0 Å². The largest absolute Gasteiger partial charge is 0.497 e. The number of carbonyl (C=O) groups excluding carboxylic acids is 1. The Morgan fingerprint density at radius 2 is 1.84 bits per heavy atom. The molecule has 31 heavy (non-hydrogen) atoms. The van der Waals surface area contributed by atoms with Crippen LogP contribution in [0.25, 0.3) is 22.9 Å². The molecule has 0 spiro atoms. The summed E-state index contributed by atoms with van der Waals surface area (Å²) in [6.45, 7) is 3.93. The molecule has 2 aromatic heterocycles. The van der Waals surface area contributed by atoms with E-state index in [2.05, 4.69) is 15.5 Å². The fourth-order valence-corrected chi connectivity index (χ4v) is 3.35. The topological polar surface area (TPSA) is 82.2 Å². The Labute approximate surface area is 178 Å². The molecule has 158 valence electrons. The van der Waals surface area contributed by atoms with E-state index >= 15 is 0 Å². The molecule has 0 aliphatic rings. The van der Waals surface area contributed by atoms with E-state index in [1.807, 2.05) is 36.6 Å². The van der Waals surface area contributed by atoms with Crippen LogP contribution in [0.1, 0.15) is 11.4 Å². The minimum atomic E-state index is -0.334. The summed E-state index contributed by atoms with van der Waals surface area (Å²) in [5.41, 5.74) is 3.74. The molecule has 0 saturated heterocycles. The molecule has 4 rings (SSSR count). The molecule has 0 bridgehead atoms. The van der Waals surface area contributed by atoms with E-state index < -0.39 is 0 Å². The Bertz CT molecular complexity index is 1230. The van der Waals surface area contributed by atoms with Crippen molar-refractivity contribution >= 4 is 11.6 Å². The van der Waals surface area contributed by atoms with E-state index in [0.717, 1.165) is 17.0 Å². The second-order valence-corrected chi connectivity index (χ2v) is 7.07. The smallest absolute Gasteiger partial charge is 0.249 e. The minimum absolute atomic E-state index is 0.133. The summed E-state index contributed by atoms with van der Waals surface area (Å²) < 4.78 is 26.0. The number of aryl methyl sites for hydroxylation is 1. The number of rotatable bonds is 6. The van der Waals surface area contributed by atoms with Gasteiger partial charge in [-0.25, -0.2) is 4.39 Å². The molecule has 0 fully saturated rings. The summed E-state index contributed by atoms with van der Waals surface area (Å²) in [7, 11) is 1.58. The number of hydrogen-bond acceptors (Lipinski definition) is 5. The molecule has 2 heterocycles. The Hall–Kier alpha value is -3.94. The van der Waals surface area contributed by atoms with Crippen LogP contribution in [0, 0.1) is 19.7 Å². The number of aromatic nitrogens is 3. The average Bonchev–Trinajstić information content (AvgIpc) is 3.35. The van der Waals surface area contributed by atoms with Crippen molar-refractivity contribution in [3.8, 4) is 28.7 Å². The Morgan fingerprint density at radius 1 is 1.10 bits per heavy atom. The summed E-state index contributed by atoms with van der Waals surface area (Å²) in [4.78, 5) is 12.6. The standard InChI is InChI=1S/C23H21FN4O3/c1-14-11-20(23-27-26-22(31-23)16-7-9-17(24)10-8-16)15(2)28(14)13-21(29)25-18-5-4-6-19(12-18)30-3/h4-12H,13H2,1-3H3,(H,25,29). The van der Waals surface area contributed by atoms with E-state index in [-0.39, 0.29) is 18.3 Å². The third-order valence-corrected chi connectivity index (χ3v) is 4.98. The van der Waals surface area contributed by atoms with Gasteiger partial charge in [-0.15, -0.1) is 10.2 Å². The van der Waals surface area contributed by atoms with Gasteiger partial charge in [-0.05, 0) is 56.3 Å². The maximum atomic E-state index is 13.1. The number of carbonyl (C=O) groups is 1. The molecule has 7 nitrogen and oxygen atoms in total. The lowest BCUT2D eigenvalue weighted by atomic mass is 10.2. The van der Waals surface area contributed by atoms with Gasteiger partial charge < -0.3 is 19.0 Å². The van der Waals surface area contributed by atoms with Gasteiger partial charge in [0.2, 0.25) is 17.7 Å². The molecule has 1 amide bonds. The van der Waals surface area contributed by atoms with E-state index in [1.165, 1.54) is 12.1 Å². The molecule has 8 heteroatoms. The predicted molar refractivity (Wildman–Crippen MR) is 114 cm³/mol. The second-order valence-electron chi connectivity index (χ2n) is 7.07. The number of amides is 1. The summed E-state index contributed by atoms with van der Waals surface area (Å²) in [6, 6.07) is 14.9. The van der Waals surface area contributed by atoms with Crippen LogP contribution in [0.4, 0.5) is 10.1 Å². The predicted octanol–water partition coefficient (Wildman–Crippen LogP) is 4.61. The highest BCUT2D eigenvalue weighted by molar-refractivity contribution is 5.91. The summed E-state index contributed by atoms with van der Waals surface area (Å²) in [6.07, 6.45) is 0. The highest BCUT2D eigenvalue weighted by Gasteiger charge is 2.18. The Balaban J connectivity index is 1.53. The number of halogens is 1. The molecule has 0 radical (unpaired) electrons. The normalized spacial score (nSPS) is 10.8. The van der Waals surface area contributed by atoms with Gasteiger partial charge in [-0.1, -0.05) is 6.07 Å². The van der Waals surface area contributed by atoms with E-state index in [9.17, 15) is 9.18 Å². The van der Waals surface area contributed by atoms with Gasteiger partial charge in [-0.3, -0.25) is 4.79 Å². The molecule has 0 aliphatic carbocycles. The van der Waals surface area contributed by atoms with Crippen LogP contribution in [0.2, 0.25) is 0 Å². The SMILES string of the molecule is COc1cccc(NC(=O)Cn2c(C)cc(-c3nnc(-c4ccc(F)cc4)o3)c2C)c1. The van der Waals surface area contributed by atoms with Gasteiger partial charge in [0.05, 0.1) is 12.7 Å². The number of nitrogens with zero attached hydrogens (tertiary/aromatic N) is 3. The molecule has 0 atom stereocenters. The third kappa shape index (κ3) is 4.32. The van der Waals surface area contributed by atoms with Crippen LogP contribution in [-0.4, -0.2) is 27.8 Å². The first-order valence-corrected chi connectivity index (χ1v) is 9.65. The van der Waals surface area contributed by atoms with Crippen LogP contribution in [0.15, 0.2) is 59.0 Å². The van der Waals surface area contributed by atoms with Crippen LogP contribution in [0.5, 0.6) is 5.75 Å². The lowest BCUT2D eigenvalue weighted by Crippen LogP contribution is -2.20. The fourth-order valence-electron chi connectivity index (χ4n) is 3.35. The first-order valence-electron chi connectivity index (χ1n) is 9.65. The van der Waals surface area contributed by atoms with Crippen molar-refractivity contribution in [1.82, 2.24) is 14.8 Å². The number of methoxy groups -OCH3 is 1. The molecule has 2 aromatic carbocycles. The Morgan fingerprint density at radius 3 is 2.58 bits per heavy atom. The average molecular weight is 420 g/mol. The van der Waals surface area contributed by atoms with Gasteiger partial charge in [0.25, 0.3) is 0 Å². The van der Waals surface area contributed by atoms with Gasteiger partial charge in [0.15, 0.2) is 0 Å². The minimum Gasteiger partial charge on any atom is -0.497 e. The fraction of sp³-hybridized carbons (Fsp3) is 0.174. The van der Waals surface area contributed by atoms with Crippen molar-refractivity contribution in [2.45, 2.75) is 20.4 Å². The monoisotopic (exact) mass is 420 g/mol. The van der Waals surface area contributed by atoms with Crippen molar-refractivity contribution in [2.75, 3.05) is 12.4 Å². The molecule has 0 aliphatic heterocycles. The lowest BCUT2D eigenvalue weighted by molar-refractivity contribution is -0.116. The third-order valence-electron chi connectivity index (χ3n) is 4.98. The maximum Gasteiger partial charge on any atom is 0.249 e. The van der Waals surface area contributed by atoms with Crippen LogP contribution in [-0.2, 0) is 11.3 Å². The van der Waals surface area contributed by atoms with Gasteiger partial charge >= 0.3 is 0 Å². The maximum absolute atomic E-state index is 13.1. The lowest BCUT2D eigenvalue weighted by Gasteiger charge is -2.11. The molecule has 0 saturated carbocycles. The summed E-state index contributed by atoms with van der Waals surface area (Å²) in [5, 5.41) is 11.1. The zero-order valence-electron chi connectivity index (χ0n) is 17.3. The Kier molecular flexibility index (Phi) is 5.53. The highest BCUT2D eigenvalue weighted by Crippen LogP contribution is 2.29. The molecule has 4 aromatic rings. The number of benzene rings is 2. The molecule has 0 unspecified atom stereocenters. The van der Waals surface area contributed by atoms with E-state index in [1.54, 1.807) is 31.4 Å². The van der Waals surface area contributed by atoms with Crippen molar-refractivity contribution in [3.63, 3.8) is 0 Å². The second kappa shape index (κ2) is 8.43. The number of nitrogens with one attached hydrogen (secondary N) is 1. The van der Waals surface area contributed by atoms with Crippen LogP contribution < -0.4 is 10.1 Å². The van der Waals surface area contributed by atoms with Crippen molar-refractivity contribution in [3.05, 3.63) is 71.8 Å². The molecular formula is C23H21FN4O3. The number of hydrogen-bond donors (Lipinski definition) is 1. The van der Waals surface area contributed by atoms with Gasteiger partial charge in [-0.2, -0.15) is 0 Å². The first kappa shape index (κ1) is 20.3. The summed E-state index contributed by atoms with van der Waals surface area (Å²) >= 11 is 0. The van der Waals surface area contributed by atoms with Crippen molar-refractivity contribution in [1.29, 1.82) is 0 Å². The highest BCUT2D eigenvalue weighted by atomic mass is 19.1. The quantitative estimate of drug-likeness (QED) is 0.493.